The number of thiophene rings is 1. The van der Waals surface area contributed by atoms with E-state index in [0.717, 1.165) is 42.4 Å². The van der Waals surface area contributed by atoms with Gasteiger partial charge in [0.15, 0.2) is 5.16 Å². The van der Waals surface area contributed by atoms with E-state index >= 15 is 0 Å². The van der Waals surface area contributed by atoms with Crippen LogP contribution in [0.25, 0.3) is 11.3 Å². The predicted molar refractivity (Wildman–Crippen MR) is 115 cm³/mol. The van der Waals surface area contributed by atoms with Crippen LogP contribution < -0.4 is 5.32 Å². The highest BCUT2D eigenvalue weighted by atomic mass is 32.2. The van der Waals surface area contributed by atoms with Crippen molar-refractivity contribution < 1.29 is 9.53 Å². The fourth-order valence-corrected chi connectivity index (χ4v) is 4.81. The number of carbonyl (C=O) groups is 1. The highest BCUT2D eigenvalue weighted by Gasteiger charge is 2.21. The number of nitrogens with one attached hydrogen (secondary N) is 1. The van der Waals surface area contributed by atoms with Crippen molar-refractivity contribution in [3.63, 3.8) is 0 Å². The van der Waals surface area contributed by atoms with Gasteiger partial charge in [-0.05, 0) is 29.9 Å². The summed E-state index contributed by atoms with van der Waals surface area (Å²) in [5.41, 5.74) is 2.60. The molecule has 4 rings (SSSR count). The zero-order chi connectivity index (χ0) is 20.1. The minimum Gasteiger partial charge on any atom is -0.376 e. The average molecular weight is 425 g/mol. The third-order valence-corrected chi connectivity index (χ3v) is 6.49. The molecule has 8 heteroatoms. The maximum atomic E-state index is 12.4. The fourth-order valence-electron chi connectivity index (χ4n) is 3.27. The van der Waals surface area contributed by atoms with Gasteiger partial charge in [0.2, 0.25) is 5.91 Å². The molecule has 1 aromatic carbocycles. The van der Waals surface area contributed by atoms with Gasteiger partial charge in [0.05, 0.1) is 35.9 Å². The summed E-state index contributed by atoms with van der Waals surface area (Å²) in [5, 5.41) is 15.1. The van der Waals surface area contributed by atoms with E-state index in [1.807, 2.05) is 24.4 Å². The maximum Gasteiger partial charge on any atom is 0.235 e. The van der Waals surface area contributed by atoms with E-state index in [1.54, 1.807) is 11.4 Å². The van der Waals surface area contributed by atoms with Gasteiger partial charge in [-0.25, -0.2) is 4.98 Å². The second-order valence-corrected chi connectivity index (χ2v) is 8.51. The number of anilines is 1. The minimum absolute atomic E-state index is 0.151. The van der Waals surface area contributed by atoms with Gasteiger partial charge in [-0.2, -0.15) is 5.26 Å². The number of ether oxygens (including phenoxy) is 1. The molecular weight excluding hydrogens is 404 g/mol. The second kappa shape index (κ2) is 9.27. The van der Waals surface area contributed by atoms with Crippen molar-refractivity contribution >= 4 is 34.0 Å². The molecule has 1 atom stereocenters. The number of benzene rings is 1. The van der Waals surface area contributed by atoms with Gasteiger partial charge < -0.3 is 14.6 Å². The van der Waals surface area contributed by atoms with Crippen molar-refractivity contribution in [3.05, 3.63) is 53.5 Å². The number of carbonyl (C=O) groups excluding carboxylic acids is 1. The summed E-state index contributed by atoms with van der Waals surface area (Å²) in [6, 6.07) is 13.9. The molecule has 6 nitrogen and oxygen atoms in total. The first-order chi connectivity index (χ1) is 14.2. The fraction of sp³-hybridized carbons (Fsp3) is 0.286. The van der Waals surface area contributed by atoms with Gasteiger partial charge in [-0.15, -0.1) is 11.3 Å². The molecule has 148 valence electrons. The van der Waals surface area contributed by atoms with Crippen LogP contribution in [0.3, 0.4) is 0 Å². The molecule has 3 heterocycles. The lowest BCUT2D eigenvalue weighted by molar-refractivity contribution is -0.113. The zero-order valence-electron chi connectivity index (χ0n) is 15.7. The molecule has 2 aromatic heterocycles. The van der Waals surface area contributed by atoms with Crippen molar-refractivity contribution in [2.24, 2.45) is 0 Å². The van der Waals surface area contributed by atoms with Crippen LogP contribution in [0.5, 0.6) is 0 Å². The monoisotopic (exact) mass is 424 g/mol. The second-order valence-electron chi connectivity index (χ2n) is 6.65. The molecule has 0 spiro atoms. The number of thioether (sulfide) groups is 1. The van der Waals surface area contributed by atoms with Gasteiger partial charge in [-0.1, -0.05) is 42.1 Å². The molecule has 0 unspecified atom stereocenters. The molecule has 1 aliphatic rings. The van der Waals surface area contributed by atoms with Crippen LogP contribution in [-0.4, -0.2) is 33.9 Å². The largest absolute Gasteiger partial charge is 0.376 e. The summed E-state index contributed by atoms with van der Waals surface area (Å²) in [6.07, 6.45) is 4.14. The Kier molecular flexibility index (Phi) is 6.30. The molecule has 0 radical (unpaired) electrons. The number of hydrogen-bond donors (Lipinski definition) is 1. The summed E-state index contributed by atoms with van der Waals surface area (Å²) < 4.78 is 7.97. The normalized spacial score (nSPS) is 15.9. The number of nitriles is 1. The third kappa shape index (κ3) is 4.70. The Hall–Kier alpha value is -2.60. The van der Waals surface area contributed by atoms with Crippen molar-refractivity contribution in [1.82, 2.24) is 9.55 Å². The summed E-state index contributed by atoms with van der Waals surface area (Å²) in [6.45, 7) is 1.52. The van der Waals surface area contributed by atoms with Gasteiger partial charge in [0.25, 0.3) is 0 Å². The lowest BCUT2D eigenvalue weighted by Gasteiger charge is -2.16. The van der Waals surface area contributed by atoms with Gasteiger partial charge in [0.1, 0.15) is 11.1 Å². The smallest absolute Gasteiger partial charge is 0.235 e. The predicted octanol–water partition coefficient (Wildman–Crippen LogP) is 4.39. The molecule has 1 aliphatic heterocycles. The van der Waals surface area contributed by atoms with E-state index in [9.17, 15) is 4.79 Å². The minimum atomic E-state index is -0.151. The Balaban J connectivity index is 1.49. The molecule has 1 fully saturated rings. The number of amides is 1. The van der Waals surface area contributed by atoms with E-state index in [-0.39, 0.29) is 17.8 Å². The van der Waals surface area contributed by atoms with Crippen LogP contribution in [0.15, 0.2) is 53.1 Å². The van der Waals surface area contributed by atoms with E-state index in [1.165, 1.54) is 23.1 Å². The van der Waals surface area contributed by atoms with Crippen molar-refractivity contribution in [1.29, 1.82) is 5.26 Å². The van der Waals surface area contributed by atoms with E-state index in [0.29, 0.717) is 10.6 Å². The van der Waals surface area contributed by atoms with Crippen LogP contribution in [0.4, 0.5) is 5.00 Å². The molecule has 1 saturated heterocycles. The van der Waals surface area contributed by atoms with Crippen molar-refractivity contribution in [3.8, 4) is 17.3 Å². The summed E-state index contributed by atoms with van der Waals surface area (Å²) in [5.74, 6) is 0.0707. The quantitative estimate of drug-likeness (QED) is 0.569. The van der Waals surface area contributed by atoms with Crippen LogP contribution in [0.2, 0.25) is 0 Å². The number of nitrogens with zero attached hydrogens (tertiary/aromatic N) is 3. The molecule has 1 amide bonds. The van der Waals surface area contributed by atoms with Crippen LogP contribution in [0.1, 0.15) is 18.4 Å². The maximum absolute atomic E-state index is 12.4. The summed E-state index contributed by atoms with van der Waals surface area (Å²) >= 11 is 2.74. The van der Waals surface area contributed by atoms with Crippen molar-refractivity contribution in [2.45, 2.75) is 30.6 Å². The number of hydrogen-bond acceptors (Lipinski definition) is 6. The first kappa shape index (κ1) is 19.7. The van der Waals surface area contributed by atoms with Crippen LogP contribution in [-0.2, 0) is 16.1 Å². The van der Waals surface area contributed by atoms with Crippen LogP contribution in [0, 0.1) is 11.3 Å². The standard InChI is InChI=1S/C21H20N4O2S2/c22-11-16-8-10-28-20(16)24-19(26)14-29-21-23-12-18(15-5-2-1-3-6-15)25(21)13-17-7-4-9-27-17/h1-3,5-6,8,10,12,17H,4,7,9,13-14H2,(H,24,26)/t17-/m1/s1. The lowest BCUT2D eigenvalue weighted by atomic mass is 10.1. The number of imidazole rings is 1. The highest BCUT2D eigenvalue weighted by Crippen LogP contribution is 2.29. The van der Waals surface area contributed by atoms with E-state index in [2.05, 4.69) is 33.1 Å². The van der Waals surface area contributed by atoms with E-state index in [4.69, 9.17) is 10.00 Å². The Bertz CT molecular complexity index is 1020. The molecule has 1 N–H and O–H groups in total. The van der Waals surface area contributed by atoms with Gasteiger partial charge >= 0.3 is 0 Å². The van der Waals surface area contributed by atoms with E-state index < -0.39 is 0 Å². The molecule has 3 aromatic rings. The molecule has 29 heavy (non-hydrogen) atoms. The summed E-state index contributed by atoms with van der Waals surface area (Å²) in [4.78, 5) is 17.0. The molecule has 0 saturated carbocycles. The average Bonchev–Trinajstić information content (AvgIpc) is 3.49. The summed E-state index contributed by atoms with van der Waals surface area (Å²) in [7, 11) is 0. The first-order valence-electron chi connectivity index (χ1n) is 9.37. The zero-order valence-corrected chi connectivity index (χ0v) is 17.3. The van der Waals surface area contributed by atoms with Crippen LogP contribution >= 0.6 is 23.1 Å². The lowest BCUT2D eigenvalue weighted by Crippen LogP contribution is -2.18. The highest BCUT2D eigenvalue weighted by molar-refractivity contribution is 7.99. The SMILES string of the molecule is N#Cc1ccsc1NC(=O)CSc1ncc(-c2ccccc2)n1C[C@H]1CCCO1. The first-order valence-corrected chi connectivity index (χ1v) is 11.2. The topological polar surface area (TPSA) is 79.9 Å². The third-order valence-electron chi connectivity index (χ3n) is 4.67. The Morgan fingerprint density at radius 1 is 1.38 bits per heavy atom. The number of rotatable bonds is 7. The molecule has 0 bridgehead atoms. The molecule has 0 aliphatic carbocycles. The van der Waals surface area contributed by atoms with Gasteiger partial charge in [-0.3, -0.25) is 4.79 Å². The Morgan fingerprint density at radius 3 is 3.00 bits per heavy atom. The Labute approximate surface area is 177 Å². The Morgan fingerprint density at radius 2 is 2.24 bits per heavy atom. The van der Waals surface area contributed by atoms with Gasteiger partial charge in [0, 0.05) is 6.61 Å². The number of aromatic nitrogens is 2. The van der Waals surface area contributed by atoms with Crippen molar-refractivity contribution in [2.75, 3.05) is 17.7 Å². The molecular formula is C21H20N4O2S2.